The minimum Gasteiger partial charge on any atom is -0.266 e. The van der Waals surface area contributed by atoms with E-state index < -0.39 is 28.8 Å². The number of alkyl halides is 3. The molecular weight excluding hydrogens is 459 g/mol. The average molecular weight is 475 g/mol. The van der Waals surface area contributed by atoms with Crippen molar-refractivity contribution in [2.75, 3.05) is 0 Å². The van der Waals surface area contributed by atoms with Crippen molar-refractivity contribution in [1.29, 1.82) is 5.26 Å². The minimum absolute atomic E-state index is 0.0152. The Hall–Kier alpha value is -4.78. The SMILES string of the molecule is Cc1c(C(=O)N/N=C/c2cccc3ccccc23)nn(-c2cccc(C(F)(F)F)c2)c(=O)c1C#N. The molecule has 1 N–H and O–H groups in total. The molecule has 0 aliphatic rings. The molecule has 1 heterocycles. The van der Waals surface area contributed by atoms with Gasteiger partial charge in [-0.2, -0.15) is 33.3 Å². The number of carbonyl (C=O) groups is 1. The molecular formula is C25H16F3N5O2. The Kier molecular flexibility index (Phi) is 6.16. The number of carbonyl (C=O) groups excluding carboxylic acids is 1. The number of nitrogens with one attached hydrogen (secondary N) is 1. The van der Waals surface area contributed by atoms with E-state index in [0.29, 0.717) is 10.7 Å². The van der Waals surface area contributed by atoms with Gasteiger partial charge in [-0.05, 0) is 35.9 Å². The first-order chi connectivity index (χ1) is 16.7. The Balaban J connectivity index is 1.71. The average Bonchev–Trinajstić information content (AvgIpc) is 2.84. The second-order valence-electron chi connectivity index (χ2n) is 7.49. The maximum atomic E-state index is 13.1. The van der Waals surface area contributed by atoms with Gasteiger partial charge >= 0.3 is 6.18 Å². The molecule has 0 bridgehead atoms. The molecule has 0 atom stereocenters. The number of nitrogens with zero attached hydrogens (tertiary/aromatic N) is 4. The first kappa shape index (κ1) is 23.4. The number of fused-ring (bicyclic) bond motifs is 1. The van der Waals surface area contributed by atoms with Crippen molar-refractivity contribution in [3.05, 3.63) is 105 Å². The molecule has 0 saturated carbocycles. The number of hydrogen-bond donors (Lipinski definition) is 1. The van der Waals surface area contributed by atoms with Gasteiger partial charge in [-0.15, -0.1) is 0 Å². The summed E-state index contributed by atoms with van der Waals surface area (Å²) in [4.78, 5) is 25.5. The predicted octanol–water partition coefficient (Wildman–Crippen LogP) is 4.35. The quantitative estimate of drug-likeness (QED) is 0.350. The van der Waals surface area contributed by atoms with Crippen LogP contribution in [-0.4, -0.2) is 21.9 Å². The van der Waals surface area contributed by atoms with Crippen molar-refractivity contribution in [2.24, 2.45) is 5.10 Å². The second kappa shape index (κ2) is 9.23. The Morgan fingerprint density at radius 2 is 1.83 bits per heavy atom. The molecule has 3 aromatic carbocycles. The molecule has 7 nitrogen and oxygen atoms in total. The third-order valence-electron chi connectivity index (χ3n) is 5.27. The Labute approximate surface area is 196 Å². The molecule has 0 spiro atoms. The number of aromatic nitrogens is 2. The van der Waals surface area contributed by atoms with E-state index >= 15 is 0 Å². The summed E-state index contributed by atoms with van der Waals surface area (Å²) in [6, 6.07) is 18.7. The first-order valence-corrected chi connectivity index (χ1v) is 10.2. The van der Waals surface area contributed by atoms with Crippen LogP contribution in [0.15, 0.2) is 76.6 Å². The van der Waals surface area contributed by atoms with Crippen molar-refractivity contribution in [1.82, 2.24) is 15.2 Å². The van der Waals surface area contributed by atoms with E-state index in [1.54, 1.807) is 6.07 Å². The fourth-order valence-corrected chi connectivity index (χ4v) is 3.52. The molecule has 0 unspecified atom stereocenters. The highest BCUT2D eigenvalue weighted by atomic mass is 19.4. The Morgan fingerprint density at radius 3 is 2.57 bits per heavy atom. The molecule has 4 rings (SSSR count). The smallest absolute Gasteiger partial charge is 0.266 e. The Bertz CT molecular complexity index is 1580. The van der Waals surface area contributed by atoms with E-state index in [4.69, 9.17) is 0 Å². The second-order valence-corrected chi connectivity index (χ2v) is 7.49. The van der Waals surface area contributed by atoms with E-state index in [1.807, 2.05) is 42.5 Å². The van der Waals surface area contributed by atoms with Crippen LogP contribution in [0.4, 0.5) is 13.2 Å². The summed E-state index contributed by atoms with van der Waals surface area (Å²) in [6.07, 6.45) is -3.22. The van der Waals surface area contributed by atoms with Crippen molar-refractivity contribution in [2.45, 2.75) is 13.1 Å². The van der Waals surface area contributed by atoms with Crippen LogP contribution in [0.2, 0.25) is 0 Å². The lowest BCUT2D eigenvalue weighted by atomic mass is 10.1. The van der Waals surface area contributed by atoms with E-state index in [9.17, 15) is 28.0 Å². The van der Waals surface area contributed by atoms with Crippen LogP contribution < -0.4 is 11.0 Å². The highest BCUT2D eigenvalue weighted by Gasteiger charge is 2.31. The van der Waals surface area contributed by atoms with Crippen LogP contribution in [-0.2, 0) is 6.18 Å². The molecule has 10 heteroatoms. The number of hydrogen-bond acceptors (Lipinski definition) is 5. The van der Waals surface area contributed by atoms with Crippen LogP contribution in [0.1, 0.15) is 32.7 Å². The van der Waals surface area contributed by atoms with Gasteiger partial charge in [-0.25, -0.2) is 5.43 Å². The maximum absolute atomic E-state index is 13.1. The van der Waals surface area contributed by atoms with Crippen molar-refractivity contribution < 1.29 is 18.0 Å². The van der Waals surface area contributed by atoms with E-state index in [0.717, 1.165) is 28.5 Å². The maximum Gasteiger partial charge on any atom is 0.416 e. The van der Waals surface area contributed by atoms with Crippen LogP contribution in [0.3, 0.4) is 0 Å². The van der Waals surface area contributed by atoms with Gasteiger partial charge in [0.1, 0.15) is 11.6 Å². The van der Waals surface area contributed by atoms with Gasteiger partial charge in [0.25, 0.3) is 11.5 Å². The molecule has 0 fully saturated rings. The standard InChI is InChI=1S/C25H16F3N5O2/c1-15-21(13-29)24(35)33(19-10-5-9-18(12-19)25(26,27)28)32-22(15)23(34)31-30-14-17-8-4-7-16-6-2-3-11-20(16)17/h2-12,14H,1H3,(H,31,34)/b30-14+. The van der Waals surface area contributed by atoms with Crippen LogP contribution >= 0.6 is 0 Å². The lowest BCUT2D eigenvalue weighted by Gasteiger charge is -2.12. The molecule has 35 heavy (non-hydrogen) atoms. The summed E-state index contributed by atoms with van der Waals surface area (Å²) in [7, 11) is 0. The predicted molar refractivity (Wildman–Crippen MR) is 123 cm³/mol. The molecule has 0 aliphatic heterocycles. The molecule has 0 radical (unpaired) electrons. The largest absolute Gasteiger partial charge is 0.416 e. The lowest BCUT2D eigenvalue weighted by Crippen LogP contribution is -2.31. The summed E-state index contributed by atoms with van der Waals surface area (Å²) in [5.41, 5.74) is 0.0891. The number of nitriles is 1. The Morgan fingerprint density at radius 1 is 1.11 bits per heavy atom. The normalized spacial score (nSPS) is 11.5. The summed E-state index contributed by atoms with van der Waals surface area (Å²) < 4.78 is 40.0. The zero-order valence-electron chi connectivity index (χ0n) is 18.2. The highest BCUT2D eigenvalue weighted by molar-refractivity contribution is 6.00. The zero-order chi connectivity index (χ0) is 25.2. The summed E-state index contributed by atoms with van der Waals surface area (Å²) >= 11 is 0. The molecule has 0 saturated heterocycles. The zero-order valence-corrected chi connectivity index (χ0v) is 18.2. The lowest BCUT2D eigenvalue weighted by molar-refractivity contribution is -0.137. The summed E-state index contributed by atoms with van der Waals surface area (Å²) in [5, 5.41) is 19.2. The van der Waals surface area contributed by atoms with Crippen molar-refractivity contribution >= 4 is 22.9 Å². The fourth-order valence-electron chi connectivity index (χ4n) is 3.52. The number of halogens is 3. The number of hydrazone groups is 1. The van der Waals surface area contributed by atoms with Crippen molar-refractivity contribution in [3.63, 3.8) is 0 Å². The molecule has 4 aromatic rings. The van der Waals surface area contributed by atoms with Gasteiger partial charge in [-0.1, -0.05) is 48.5 Å². The summed E-state index contributed by atoms with van der Waals surface area (Å²) in [5.74, 6) is -0.837. The molecule has 0 aliphatic carbocycles. The van der Waals surface area contributed by atoms with Crippen LogP contribution in [0.25, 0.3) is 16.5 Å². The number of benzene rings is 3. The third-order valence-corrected chi connectivity index (χ3v) is 5.27. The first-order valence-electron chi connectivity index (χ1n) is 10.2. The monoisotopic (exact) mass is 475 g/mol. The van der Waals surface area contributed by atoms with Gasteiger partial charge in [-0.3, -0.25) is 9.59 Å². The summed E-state index contributed by atoms with van der Waals surface area (Å²) in [6.45, 7) is 1.35. The molecule has 174 valence electrons. The minimum atomic E-state index is -4.65. The highest BCUT2D eigenvalue weighted by Crippen LogP contribution is 2.30. The van der Waals surface area contributed by atoms with Gasteiger partial charge in [0.2, 0.25) is 0 Å². The fraction of sp³-hybridized carbons (Fsp3) is 0.0800. The van der Waals surface area contributed by atoms with Gasteiger partial charge in [0, 0.05) is 11.1 Å². The van der Waals surface area contributed by atoms with Gasteiger partial charge < -0.3 is 0 Å². The van der Waals surface area contributed by atoms with Crippen molar-refractivity contribution in [3.8, 4) is 11.8 Å². The molecule has 1 amide bonds. The van der Waals surface area contributed by atoms with Crippen LogP contribution in [0, 0.1) is 18.3 Å². The van der Waals surface area contributed by atoms with E-state index in [2.05, 4.69) is 15.6 Å². The van der Waals surface area contributed by atoms with Gasteiger partial charge in [0.05, 0.1) is 17.5 Å². The van der Waals surface area contributed by atoms with E-state index in [1.165, 1.54) is 19.2 Å². The topological polar surface area (TPSA) is 100 Å². The number of rotatable bonds is 4. The molecule has 1 aromatic heterocycles. The third kappa shape index (κ3) is 4.65. The van der Waals surface area contributed by atoms with Gasteiger partial charge in [0.15, 0.2) is 5.69 Å². The van der Waals surface area contributed by atoms with Crippen LogP contribution in [0.5, 0.6) is 0 Å². The van der Waals surface area contributed by atoms with E-state index in [-0.39, 0.29) is 16.9 Å². The number of amides is 1.